The van der Waals surface area contributed by atoms with Gasteiger partial charge in [-0.25, -0.2) is 4.39 Å². The average molecular weight is 1150 g/mol. The lowest BCUT2D eigenvalue weighted by molar-refractivity contribution is -0.134. The lowest BCUT2D eigenvalue weighted by Crippen LogP contribution is -2.53. The first-order valence-electron chi connectivity index (χ1n) is 30.8. The lowest BCUT2D eigenvalue weighted by Gasteiger charge is -2.40. The first kappa shape index (κ1) is 67.4. The number of allylic oxidation sites excluding steroid dienone is 1. The van der Waals surface area contributed by atoms with Crippen LogP contribution in [0, 0.1) is 23.1 Å². The second kappa shape index (κ2) is 35.7. The molecular formula is C65H100FN10O5P. The molecule has 1 aliphatic carbocycles. The highest BCUT2D eigenvalue weighted by atomic mass is 31.0. The van der Waals surface area contributed by atoms with Crippen molar-refractivity contribution in [3.63, 3.8) is 0 Å². The Morgan fingerprint density at radius 1 is 0.732 bits per heavy atom. The standard InChI is InChI=1S/C52H66FN9O5.C8H19N.C5H12.H3P/c53-45-17-12-37(32-46(54)42-10-4-5-11-43(42)49(55)64)31-44(45)51(66)61-29-27-60(28-30-61)47(63)35-58-21-18-36(19-22-58)34-59-23-25-62(26-24-59)52(67)48(39-7-2-1-3-8-39)57-50(65)40-15-13-38(14-16-40)41-9-6-20-56-33-41;1-4-6-8(3)7-9-5-2;1-3-5-4-2;/h4-5,10-17,31,36,41,54,56H,1-3,6-9,18-30,32-35H2,(H2,55,64)(H,57,65);8-9H,4-7H2,1-3H3;3-5H2,1-2H3;1H3. The summed E-state index contributed by atoms with van der Waals surface area (Å²) in [5, 5.41) is 18.5. The normalized spacial score (nSPS) is 18.4. The van der Waals surface area contributed by atoms with E-state index in [-0.39, 0.29) is 64.0 Å². The maximum Gasteiger partial charge on any atom is 0.270 e. The molecule has 4 saturated heterocycles. The highest BCUT2D eigenvalue weighted by Gasteiger charge is 2.32. The van der Waals surface area contributed by atoms with Gasteiger partial charge in [0.15, 0.2) is 0 Å². The van der Waals surface area contributed by atoms with Crippen LogP contribution < -0.4 is 21.7 Å². The maximum atomic E-state index is 15.0. The van der Waals surface area contributed by atoms with E-state index in [0.717, 1.165) is 122 Å². The number of carbonyl (C=O) groups is 5. The van der Waals surface area contributed by atoms with Crippen LogP contribution in [0.15, 0.2) is 78.0 Å². The number of likely N-dealkylation sites (tertiary alicyclic amines) is 1. The summed E-state index contributed by atoms with van der Waals surface area (Å²) in [4.78, 5) is 76.5. The Kier molecular flexibility index (Phi) is 29.3. The molecule has 5 aliphatic rings. The number of hydrogen-bond acceptors (Lipinski definition) is 10. The third kappa shape index (κ3) is 20.7. The summed E-state index contributed by atoms with van der Waals surface area (Å²) in [7, 11) is 0. The van der Waals surface area contributed by atoms with Gasteiger partial charge in [-0.15, -0.1) is 0 Å². The van der Waals surface area contributed by atoms with Gasteiger partial charge in [0.05, 0.1) is 12.1 Å². The van der Waals surface area contributed by atoms with Crippen molar-refractivity contribution in [3.05, 3.63) is 117 Å². The third-order valence-corrected chi connectivity index (χ3v) is 16.8. The minimum absolute atomic E-state index is 0. The van der Waals surface area contributed by atoms with Crippen LogP contribution in [-0.4, -0.2) is 164 Å². The van der Waals surface area contributed by atoms with Gasteiger partial charge in [0.25, 0.3) is 17.7 Å². The Labute approximate surface area is 493 Å². The van der Waals surface area contributed by atoms with E-state index >= 15 is 4.39 Å². The number of nitrogens with two attached hydrogens (primary N) is 1. The van der Waals surface area contributed by atoms with Crippen molar-refractivity contribution in [2.24, 2.45) is 17.6 Å². The van der Waals surface area contributed by atoms with Crippen LogP contribution in [0.5, 0.6) is 0 Å². The van der Waals surface area contributed by atoms with E-state index in [0.29, 0.717) is 66.9 Å². The zero-order valence-electron chi connectivity index (χ0n) is 50.4. The molecule has 4 aliphatic heterocycles. The summed E-state index contributed by atoms with van der Waals surface area (Å²) in [5.74, 6) is -0.202. The molecule has 0 aromatic heterocycles. The third-order valence-electron chi connectivity index (χ3n) is 16.8. The number of halogens is 1. The average Bonchev–Trinajstić information content (AvgIpc) is 3.51. The predicted octanol–water partition coefficient (Wildman–Crippen LogP) is 9.08. The van der Waals surface area contributed by atoms with Crippen LogP contribution in [0.4, 0.5) is 4.39 Å². The van der Waals surface area contributed by atoms with Gasteiger partial charge in [0.1, 0.15) is 11.5 Å². The molecule has 82 heavy (non-hydrogen) atoms. The van der Waals surface area contributed by atoms with Crippen molar-refractivity contribution in [1.82, 2.24) is 40.4 Å². The van der Waals surface area contributed by atoms with Gasteiger partial charge in [-0.2, -0.15) is 9.90 Å². The van der Waals surface area contributed by atoms with Crippen LogP contribution in [0.1, 0.15) is 178 Å². The highest BCUT2D eigenvalue weighted by Crippen LogP contribution is 2.28. The molecule has 3 atom stereocenters. The molecule has 3 unspecified atom stereocenters. The fourth-order valence-corrected chi connectivity index (χ4v) is 11.8. The molecule has 0 radical (unpaired) electrons. The SMILES string of the molecule is CCCC(C)CNCC.CCCCC.N=C(Cc1ccc(F)c(C(=O)N2CCN(C(=O)CN3CCC(CN4CCN(C(=O)C(NC(=O)c5ccc(C6CCCNC6)cc5)=C5CCCCC5)CC4)CC3)CC2)c1)c1ccccc1C(N)=O.P. The van der Waals surface area contributed by atoms with Gasteiger partial charge in [0.2, 0.25) is 11.8 Å². The number of hydrogen-bond donors (Lipinski definition) is 5. The molecule has 4 heterocycles. The summed E-state index contributed by atoms with van der Waals surface area (Å²) in [5.41, 5.74) is 10.1. The smallest absolute Gasteiger partial charge is 0.270 e. The van der Waals surface area contributed by atoms with Crippen LogP contribution in [0.25, 0.3) is 0 Å². The molecular weight excluding hydrogens is 1050 g/mol. The molecule has 0 bridgehead atoms. The van der Waals surface area contributed by atoms with Gasteiger partial charge < -0.3 is 41.8 Å². The van der Waals surface area contributed by atoms with Crippen LogP contribution in [-0.2, 0) is 16.0 Å². The van der Waals surface area contributed by atoms with E-state index in [1.807, 2.05) is 17.0 Å². The Bertz CT molecular complexity index is 2520. The fraction of sp³-hybridized carbons (Fsp3) is 0.600. The fourth-order valence-electron chi connectivity index (χ4n) is 11.8. The monoisotopic (exact) mass is 1150 g/mol. The topological polar surface area (TPSA) is 188 Å². The second-order valence-electron chi connectivity index (χ2n) is 23.1. The molecule has 17 heteroatoms. The number of benzene rings is 3. The molecule has 3 aromatic carbocycles. The van der Waals surface area contributed by atoms with Crippen LogP contribution >= 0.6 is 9.90 Å². The molecule has 0 spiro atoms. The quantitative estimate of drug-likeness (QED) is 0.0418. The number of amides is 5. The molecule has 1 saturated carbocycles. The number of nitrogens with zero attached hydrogens (tertiary/aromatic N) is 5. The second-order valence-corrected chi connectivity index (χ2v) is 23.1. The molecule has 15 nitrogen and oxygen atoms in total. The minimum Gasteiger partial charge on any atom is -0.366 e. The molecule has 5 fully saturated rings. The maximum absolute atomic E-state index is 15.0. The van der Waals surface area contributed by atoms with Crippen molar-refractivity contribution in [3.8, 4) is 0 Å². The summed E-state index contributed by atoms with van der Waals surface area (Å²) in [6, 6.07) is 18.7. The summed E-state index contributed by atoms with van der Waals surface area (Å²) in [6.45, 7) is 22.4. The minimum atomic E-state index is -0.652. The number of unbranched alkanes of at least 4 members (excludes halogenated alkanes) is 2. The van der Waals surface area contributed by atoms with E-state index in [9.17, 15) is 24.0 Å². The lowest BCUT2D eigenvalue weighted by atomic mass is 9.91. The number of primary amides is 1. The van der Waals surface area contributed by atoms with Crippen molar-refractivity contribution < 1.29 is 28.4 Å². The zero-order valence-corrected chi connectivity index (χ0v) is 51.9. The van der Waals surface area contributed by atoms with Gasteiger partial charge >= 0.3 is 0 Å². The van der Waals surface area contributed by atoms with Crippen molar-refractivity contribution in [1.29, 1.82) is 5.41 Å². The Morgan fingerprint density at radius 3 is 1.98 bits per heavy atom. The molecule has 8 rings (SSSR count). The number of piperazine rings is 2. The molecule has 6 N–H and O–H groups in total. The predicted molar refractivity (Wildman–Crippen MR) is 334 cm³/mol. The van der Waals surface area contributed by atoms with Crippen molar-refractivity contribution in [2.75, 3.05) is 105 Å². The van der Waals surface area contributed by atoms with E-state index < -0.39 is 17.6 Å². The van der Waals surface area contributed by atoms with Gasteiger partial charge in [-0.05, 0) is 155 Å². The molecule has 5 amide bonds. The summed E-state index contributed by atoms with van der Waals surface area (Å²) >= 11 is 0. The van der Waals surface area contributed by atoms with Gasteiger partial charge in [-0.1, -0.05) is 103 Å². The number of piperidine rings is 2. The van der Waals surface area contributed by atoms with E-state index in [1.54, 1.807) is 34.1 Å². The Balaban J connectivity index is 0.000000730. The first-order valence-corrected chi connectivity index (χ1v) is 30.8. The van der Waals surface area contributed by atoms with Crippen LogP contribution in [0.2, 0.25) is 0 Å². The van der Waals surface area contributed by atoms with Gasteiger partial charge in [-0.3, -0.25) is 33.8 Å². The summed E-state index contributed by atoms with van der Waals surface area (Å²) < 4.78 is 15.0. The zero-order chi connectivity index (χ0) is 58.1. The van der Waals surface area contributed by atoms with E-state index in [4.69, 9.17) is 11.1 Å². The van der Waals surface area contributed by atoms with E-state index in [2.05, 4.69) is 72.5 Å². The van der Waals surface area contributed by atoms with E-state index in [1.165, 1.54) is 62.4 Å². The van der Waals surface area contributed by atoms with Gasteiger partial charge in [0, 0.05) is 94.3 Å². The Hall–Kier alpha value is -5.38. The highest BCUT2D eigenvalue weighted by molar-refractivity contribution is 6.92. The number of rotatable bonds is 20. The molecule has 3 aromatic rings. The number of carbonyl (C=O) groups excluding carboxylic acids is 5. The van der Waals surface area contributed by atoms with Crippen molar-refractivity contribution >= 4 is 45.1 Å². The largest absolute Gasteiger partial charge is 0.366 e. The Morgan fingerprint density at radius 2 is 1.38 bits per heavy atom. The molecule has 452 valence electrons. The number of nitrogens with one attached hydrogen (secondary N) is 4. The summed E-state index contributed by atoms with van der Waals surface area (Å²) in [6.07, 6.45) is 16.0. The van der Waals surface area contributed by atoms with Crippen molar-refractivity contribution in [2.45, 2.75) is 137 Å². The van der Waals surface area contributed by atoms with Crippen LogP contribution in [0.3, 0.4) is 0 Å². The first-order chi connectivity index (χ1) is 39.2.